The molecular weight excluding hydrogens is 378 g/mol. The Morgan fingerprint density at radius 3 is 2.35 bits per heavy atom. The van der Waals surface area contributed by atoms with Crippen LogP contribution in [0.1, 0.15) is 30.9 Å². The molecule has 0 unspecified atom stereocenters. The SMILES string of the molecule is CC1(NC(=O)Cc2cc(F)cc(C(F)(F)F)c2)CCN(S(N)(=O)=O)CC1. The van der Waals surface area contributed by atoms with Crippen molar-refractivity contribution in [2.24, 2.45) is 5.14 Å². The molecular formula is C15H19F4N3O3S. The standard InChI is InChI=1S/C15H19F4N3O3S/c1-14(2-4-22(5-3-14)26(20,24)25)21-13(23)8-10-6-11(15(17,18)19)9-12(16)7-10/h6-7,9H,2-5,8H2,1H3,(H,21,23)(H2,20,24,25). The number of rotatable bonds is 4. The Bertz CT molecular complexity index is 788. The van der Waals surface area contributed by atoms with Crippen LogP contribution < -0.4 is 10.5 Å². The van der Waals surface area contributed by atoms with E-state index in [1.54, 1.807) is 6.92 Å². The van der Waals surface area contributed by atoms with Gasteiger partial charge < -0.3 is 5.32 Å². The van der Waals surface area contributed by atoms with E-state index in [1.807, 2.05) is 0 Å². The van der Waals surface area contributed by atoms with Crippen molar-refractivity contribution in [2.75, 3.05) is 13.1 Å². The van der Waals surface area contributed by atoms with Crippen LogP contribution >= 0.6 is 0 Å². The summed E-state index contributed by atoms with van der Waals surface area (Å²) in [4.78, 5) is 12.2. The summed E-state index contributed by atoms with van der Waals surface area (Å²) in [5.74, 6) is -1.65. The zero-order valence-corrected chi connectivity index (χ0v) is 14.8. The number of amides is 1. The Morgan fingerprint density at radius 1 is 1.27 bits per heavy atom. The second-order valence-electron chi connectivity index (χ2n) is 6.58. The first-order valence-electron chi connectivity index (χ1n) is 7.74. The van der Waals surface area contributed by atoms with Gasteiger partial charge in [0.2, 0.25) is 5.91 Å². The van der Waals surface area contributed by atoms with Crippen LogP contribution in [0.3, 0.4) is 0 Å². The molecule has 0 aliphatic carbocycles. The van der Waals surface area contributed by atoms with E-state index in [2.05, 4.69) is 5.32 Å². The van der Waals surface area contributed by atoms with E-state index in [0.717, 1.165) is 16.4 Å². The molecule has 0 aromatic heterocycles. The van der Waals surface area contributed by atoms with Crippen molar-refractivity contribution in [3.05, 3.63) is 35.1 Å². The van der Waals surface area contributed by atoms with Gasteiger partial charge in [0.05, 0.1) is 12.0 Å². The minimum absolute atomic E-state index is 0.0969. The van der Waals surface area contributed by atoms with Gasteiger partial charge in [0.1, 0.15) is 5.82 Å². The molecule has 0 spiro atoms. The molecule has 0 saturated carbocycles. The second-order valence-corrected chi connectivity index (χ2v) is 8.12. The number of alkyl halides is 3. The van der Waals surface area contributed by atoms with E-state index in [4.69, 9.17) is 5.14 Å². The van der Waals surface area contributed by atoms with Gasteiger partial charge in [-0.05, 0) is 43.5 Å². The number of nitrogens with zero attached hydrogens (tertiary/aromatic N) is 1. The summed E-state index contributed by atoms with van der Waals surface area (Å²) in [5.41, 5.74) is -1.98. The first kappa shape index (κ1) is 20.6. The maximum absolute atomic E-state index is 13.4. The average molecular weight is 397 g/mol. The Kier molecular flexibility index (Phi) is 5.64. The van der Waals surface area contributed by atoms with Crippen molar-refractivity contribution < 1.29 is 30.8 Å². The lowest BCUT2D eigenvalue weighted by Gasteiger charge is -2.38. The van der Waals surface area contributed by atoms with Crippen molar-refractivity contribution in [3.8, 4) is 0 Å². The Morgan fingerprint density at radius 2 is 1.85 bits per heavy atom. The molecule has 1 saturated heterocycles. The van der Waals surface area contributed by atoms with Gasteiger partial charge >= 0.3 is 6.18 Å². The third-order valence-corrected chi connectivity index (χ3v) is 5.36. The van der Waals surface area contributed by atoms with Crippen LogP contribution in [0.2, 0.25) is 0 Å². The second kappa shape index (κ2) is 7.12. The number of piperidine rings is 1. The Balaban J connectivity index is 2.02. The normalized spacial score (nSPS) is 18.5. The smallest absolute Gasteiger partial charge is 0.351 e. The number of halogens is 4. The molecule has 1 aliphatic rings. The Labute approximate surface area is 148 Å². The monoisotopic (exact) mass is 397 g/mol. The molecule has 0 bridgehead atoms. The first-order valence-corrected chi connectivity index (χ1v) is 9.24. The van der Waals surface area contributed by atoms with Gasteiger partial charge in [0.15, 0.2) is 0 Å². The topological polar surface area (TPSA) is 92.5 Å². The predicted molar refractivity (Wildman–Crippen MR) is 85.6 cm³/mol. The van der Waals surface area contributed by atoms with Crippen LogP contribution in [0.4, 0.5) is 17.6 Å². The third kappa shape index (κ3) is 5.39. The van der Waals surface area contributed by atoms with Gasteiger partial charge in [-0.1, -0.05) is 0 Å². The molecule has 0 atom stereocenters. The number of carbonyl (C=O) groups excluding carboxylic acids is 1. The van der Waals surface area contributed by atoms with Gasteiger partial charge in [0.25, 0.3) is 10.2 Å². The predicted octanol–water partition coefficient (Wildman–Crippen LogP) is 1.56. The van der Waals surface area contributed by atoms with Crippen LogP contribution in [-0.2, 0) is 27.6 Å². The maximum Gasteiger partial charge on any atom is 0.416 e. The lowest BCUT2D eigenvalue weighted by atomic mass is 9.90. The van der Waals surface area contributed by atoms with E-state index in [1.165, 1.54) is 0 Å². The number of nitrogens with one attached hydrogen (secondary N) is 1. The van der Waals surface area contributed by atoms with Gasteiger partial charge in [-0.2, -0.15) is 25.9 Å². The summed E-state index contributed by atoms with van der Waals surface area (Å²) in [6, 6.07) is 1.97. The summed E-state index contributed by atoms with van der Waals surface area (Å²) in [7, 11) is -3.80. The van der Waals surface area contributed by atoms with Crippen LogP contribution in [0.25, 0.3) is 0 Å². The summed E-state index contributed by atoms with van der Waals surface area (Å²) >= 11 is 0. The fourth-order valence-electron chi connectivity index (χ4n) is 2.84. The molecule has 1 heterocycles. The molecule has 1 fully saturated rings. The van der Waals surface area contributed by atoms with E-state index in [-0.39, 0.29) is 18.7 Å². The minimum Gasteiger partial charge on any atom is -0.351 e. The summed E-state index contributed by atoms with van der Waals surface area (Å²) in [6.45, 7) is 1.94. The van der Waals surface area contributed by atoms with Gasteiger partial charge in [-0.25, -0.2) is 9.53 Å². The highest BCUT2D eigenvalue weighted by molar-refractivity contribution is 7.86. The van der Waals surface area contributed by atoms with Crippen molar-refractivity contribution >= 4 is 16.1 Å². The minimum atomic E-state index is -4.71. The van der Waals surface area contributed by atoms with Crippen LogP contribution in [-0.4, -0.2) is 37.3 Å². The van der Waals surface area contributed by atoms with Crippen LogP contribution in [0.15, 0.2) is 18.2 Å². The molecule has 3 N–H and O–H groups in total. The van der Waals surface area contributed by atoms with Crippen LogP contribution in [0.5, 0.6) is 0 Å². The molecule has 11 heteroatoms. The van der Waals surface area contributed by atoms with E-state index in [9.17, 15) is 30.8 Å². The van der Waals surface area contributed by atoms with Gasteiger partial charge in [0, 0.05) is 18.6 Å². The average Bonchev–Trinajstić information content (AvgIpc) is 2.44. The van der Waals surface area contributed by atoms with Crippen molar-refractivity contribution in [2.45, 2.75) is 37.9 Å². The number of nitrogens with two attached hydrogens (primary N) is 1. The zero-order valence-electron chi connectivity index (χ0n) is 13.9. The lowest BCUT2D eigenvalue weighted by molar-refractivity contribution is -0.138. The number of carbonyl (C=O) groups is 1. The van der Waals surface area contributed by atoms with E-state index in [0.29, 0.717) is 18.9 Å². The summed E-state index contributed by atoms with van der Waals surface area (Å²) < 4.78 is 75.2. The third-order valence-electron chi connectivity index (χ3n) is 4.28. The molecule has 6 nitrogen and oxygen atoms in total. The molecule has 1 amide bonds. The highest BCUT2D eigenvalue weighted by Crippen LogP contribution is 2.30. The highest BCUT2D eigenvalue weighted by atomic mass is 32.2. The maximum atomic E-state index is 13.4. The Hall–Kier alpha value is -1.72. The molecule has 2 rings (SSSR count). The molecule has 1 aromatic carbocycles. The quantitative estimate of drug-likeness (QED) is 0.756. The van der Waals surface area contributed by atoms with E-state index >= 15 is 0 Å². The lowest BCUT2D eigenvalue weighted by Crippen LogP contribution is -2.55. The van der Waals surface area contributed by atoms with Crippen LogP contribution in [0, 0.1) is 5.82 Å². The number of benzene rings is 1. The van der Waals surface area contributed by atoms with Gasteiger partial charge in [-0.3, -0.25) is 4.79 Å². The summed E-state index contributed by atoms with van der Waals surface area (Å²) in [6.07, 6.45) is -4.53. The first-order chi connectivity index (χ1) is 11.8. The zero-order chi connectivity index (χ0) is 19.8. The molecule has 1 aliphatic heterocycles. The summed E-state index contributed by atoms with van der Waals surface area (Å²) in [5, 5.41) is 7.74. The molecule has 1 aromatic rings. The molecule has 26 heavy (non-hydrogen) atoms. The molecule has 0 radical (unpaired) electrons. The fraction of sp³-hybridized carbons (Fsp3) is 0.533. The molecule has 146 valence electrons. The van der Waals surface area contributed by atoms with Crippen molar-refractivity contribution in [3.63, 3.8) is 0 Å². The highest BCUT2D eigenvalue weighted by Gasteiger charge is 2.35. The number of hydrogen-bond acceptors (Lipinski definition) is 3. The van der Waals surface area contributed by atoms with Crippen molar-refractivity contribution in [1.82, 2.24) is 9.62 Å². The van der Waals surface area contributed by atoms with Crippen molar-refractivity contribution in [1.29, 1.82) is 0 Å². The van der Waals surface area contributed by atoms with E-state index < -0.39 is 45.6 Å². The number of hydrogen-bond donors (Lipinski definition) is 2. The largest absolute Gasteiger partial charge is 0.416 e. The van der Waals surface area contributed by atoms with Gasteiger partial charge in [-0.15, -0.1) is 0 Å². The fourth-order valence-corrected chi connectivity index (χ4v) is 3.53.